The summed E-state index contributed by atoms with van der Waals surface area (Å²) >= 11 is 0. The summed E-state index contributed by atoms with van der Waals surface area (Å²) in [6.45, 7) is 3.90. The van der Waals surface area contributed by atoms with Crippen LogP contribution in [0.3, 0.4) is 0 Å². The predicted molar refractivity (Wildman–Crippen MR) is 70.4 cm³/mol. The van der Waals surface area contributed by atoms with Crippen molar-refractivity contribution in [2.75, 3.05) is 0 Å². The molecule has 3 heteroatoms. The SMILES string of the molecule is CC1(N)C=CC=CC1OC1C=CC=CC1(C)N. The van der Waals surface area contributed by atoms with Gasteiger partial charge in [0.25, 0.3) is 0 Å². The molecule has 2 rings (SSSR count). The van der Waals surface area contributed by atoms with Crippen molar-refractivity contribution in [1.29, 1.82) is 0 Å². The van der Waals surface area contributed by atoms with Gasteiger partial charge in [0.05, 0.1) is 23.3 Å². The van der Waals surface area contributed by atoms with Gasteiger partial charge >= 0.3 is 0 Å². The van der Waals surface area contributed by atoms with Gasteiger partial charge in [0.15, 0.2) is 0 Å². The minimum absolute atomic E-state index is 0.156. The molecule has 0 aromatic heterocycles. The zero-order valence-electron chi connectivity index (χ0n) is 10.3. The highest BCUT2D eigenvalue weighted by Crippen LogP contribution is 2.25. The highest BCUT2D eigenvalue weighted by Gasteiger charge is 2.35. The lowest BCUT2D eigenvalue weighted by molar-refractivity contribution is -0.0120. The third-order valence-electron chi connectivity index (χ3n) is 3.22. The molecule has 0 heterocycles. The summed E-state index contributed by atoms with van der Waals surface area (Å²) < 4.78 is 6.04. The Morgan fingerprint density at radius 3 is 1.59 bits per heavy atom. The maximum atomic E-state index is 6.18. The Bertz CT molecular complexity index is 364. The molecule has 0 aliphatic heterocycles. The normalized spacial score (nSPS) is 44.2. The fraction of sp³-hybridized carbons (Fsp3) is 0.429. The molecular formula is C14H20N2O. The van der Waals surface area contributed by atoms with Gasteiger partial charge < -0.3 is 16.2 Å². The molecule has 4 N–H and O–H groups in total. The van der Waals surface area contributed by atoms with Crippen molar-refractivity contribution in [1.82, 2.24) is 0 Å². The van der Waals surface area contributed by atoms with Crippen LogP contribution in [0.25, 0.3) is 0 Å². The summed E-state index contributed by atoms with van der Waals surface area (Å²) in [5.41, 5.74) is 11.4. The van der Waals surface area contributed by atoms with Crippen molar-refractivity contribution in [3.8, 4) is 0 Å². The largest absolute Gasteiger partial charge is 0.362 e. The van der Waals surface area contributed by atoms with Crippen LogP contribution in [0.2, 0.25) is 0 Å². The third kappa shape index (κ3) is 2.57. The molecular weight excluding hydrogens is 212 g/mol. The Morgan fingerprint density at radius 2 is 1.24 bits per heavy atom. The number of allylic oxidation sites excluding steroid dienone is 4. The molecule has 3 nitrogen and oxygen atoms in total. The Morgan fingerprint density at radius 1 is 0.824 bits per heavy atom. The van der Waals surface area contributed by atoms with Crippen LogP contribution in [0.15, 0.2) is 48.6 Å². The molecule has 0 radical (unpaired) electrons. The van der Waals surface area contributed by atoms with E-state index in [2.05, 4.69) is 0 Å². The van der Waals surface area contributed by atoms with Gasteiger partial charge in [0.2, 0.25) is 0 Å². The van der Waals surface area contributed by atoms with Crippen molar-refractivity contribution in [3.63, 3.8) is 0 Å². The predicted octanol–water partition coefficient (Wildman–Crippen LogP) is 1.43. The van der Waals surface area contributed by atoms with Gasteiger partial charge in [0.1, 0.15) is 0 Å². The highest BCUT2D eigenvalue weighted by atomic mass is 16.5. The monoisotopic (exact) mass is 232 g/mol. The van der Waals surface area contributed by atoms with Crippen LogP contribution in [0, 0.1) is 0 Å². The molecule has 0 bridgehead atoms. The number of hydrogen-bond acceptors (Lipinski definition) is 3. The minimum atomic E-state index is -0.486. The molecule has 0 fully saturated rings. The van der Waals surface area contributed by atoms with E-state index >= 15 is 0 Å². The van der Waals surface area contributed by atoms with E-state index in [1.807, 2.05) is 62.5 Å². The van der Waals surface area contributed by atoms with E-state index in [9.17, 15) is 0 Å². The fourth-order valence-corrected chi connectivity index (χ4v) is 2.00. The topological polar surface area (TPSA) is 61.3 Å². The summed E-state index contributed by atoms with van der Waals surface area (Å²) in [6, 6.07) is 0. The van der Waals surface area contributed by atoms with E-state index in [0.717, 1.165) is 0 Å². The first-order valence-electron chi connectivity index (χ1n) is 5.87. The van der Waals surface area contributed by atoms with E-state index in [-0.39, 0.29) is 12.2 Å². The molecule has 17 heavy (non-hydrogen) atoms. The second-order valence-corrected chi connectivity index (χ2v) is 5.20. The van der Waals surface area contributed by atoms with Crippen LogP contribution in [-0.4, -0.2) is 23.3 Å². The average molecular weight is 232 g/mol. The fourth-order valence-electron chi connectivity index (χ4n) is 2.00. The van der Waals surface area contributed by atoms with Crippen LogP contribution in [-0.2, 0) is 4.74 Å². The highest BCUT2D eigenvalue weighted by molar-refractivity contribution is 5.27. The summed E-state index contributed by atoms with van der Waals surface area (Å²) in [6.07, 6.45) is 15.3. The molecule has 0 spiro atoms. The Balaban J connectivity index is 2.11. The van der Waals surface area contributed by atoms with Crippen molar-refractivity contribution >= 4 is 0 Å². The number of nitrogens with two attached hydrogens (primary N) is 2. The molecule has 92 valence electrons. The van der Waals surface area contributed by atoms with Crippen molar-refractivity contribution in [2.24, 2.45) is 11.5 Å². The maximum absolute atomic E-state index is 6.18. The van der Waals surface area contributed by atoms with E-state index in [4.69, 9.17) is 16.2 Å². The third-order valence-corrected chi connectivity index (χ3v) is 3.22. The van der Waals surface area contributed by atoms with Crippen LogP contribution < -0.4 is 11.5 Å². The first kappa shape index (κ1) is 12.3. The van der Waals surface area contributed by atoms with Crippen molar-refractivity contribution in [3.05, 3.63) is 48.6 Å². The zero-order valence-corrected chi connectivity index (χ0v) is 10.3. The van der Waals surface area contributed by atoms with E-state index in [1.165, 1.54) is 0 Å². The Hall–Kier alpha value is -1.16. The lowest BCUT2D eigenvalue weighted by Crippen LogP contribution is -2.54. The van der Waals surface area contributed by atoms with Crippen molar-refractivity contribution in [2.45, 2.75) is 37.1 Å². The van der Waals surface area contributed by atoms with Gasteiger partial charge in [-0.3, -0.25) is 0 Å². The second kappa shape index (κ2) is 4.26. The van der Waals surface area contributed by atoms with Crippen LogP contribution in [0.5, 0.6) is 0 Å². The summed E-state index contributed by atoms with van der Waals surface area (Å²) in [5, 5.41) is 0. The molecule has 0 amide bonds. The summed E-state index contributed by atoms with van der Waals surface area (Å²) in [5.74, 6) is 0. The molecule has 0 saturated carbocycles. The van der Waals surface area contributed by atoms with Gasteiger partial charge in [-0.05, 0) is 13.8 Å². The molecule has 0 aromatic rings. The van der Waals surface area contributed by atoms with Gasteiger partial charge in [-0.15, -0.1) is 0 Å². The van der Waals surface area contributed by atoms with Gasteiger partial charge in [-0.1, -0.05) is 48.6 Å². The average Bonchev–Trinajstić information content (AvgIpc) is 2.23. The smallest absolute Gasteiger partial charge is 0.0980 e. The van der Waals surface area contributed by atoms with Gasteiger partial charge in [-0.25, -0.2) is 0 Å². The second-order valence-electron chi connectivity index (χ2n) is 5.20. The number of hydrogen-bond donors (Lipinski definition) is 2. The summed E-state index contributed by atoms with van der Waals surface area (Å²) in [7, 11) is 0. The number of ether oxygens (including phenoxy) is 1. The van der Waals surface area contributed by atoms with E-state index in [1.54, 1.807) is 0 Å². The van der Waals surface area contributed by atoms with Crippen molar-refractivity contribution < 1.29 is 4.74 Å². The molecule has 4 unspecified atom stereocenters. The van der Waals surface area contributed by atoms with E-state index < -0.39 is 11.1 Å². The lowest BCUT2D eigenvalue weighted by atomic mass is 9.88. The van der Waals surface area contributed by atoms with Crippen LogP contribution >= 0.6 is 0 Å². The first-order chi connectivity index (χ1) is 7.92. The standard InChI is InChI=1S/C14H20N2O/c1-13(15)9-5-3-7-11(13)17-12-8-4-6-10-14(12,2)16/h3-12H,15-16H2,1-2H3. The minimum Gasteiger partial charge on any atom is -0.362 e. The Kier molecular flexibility index (Phi) is 3.08. The van der Waals surface area contributed by atoms with Crippen LogP contribution in [0.4, 0.5) is 0 Å². The van der Waals surface area contributed by atoms with Gasteiger partial charge in [-0.2, -0.15) is 0 Å². The quantitative estimate of drug-likeness (QED) is 0.757. The molecule has 0 aromatic carbocycles. The molecule has 2 aliphatic rings. The maximum Gasteiger partial charge on any atom is 0.0980 e. The van der Waals surface area contributed by atoms with Crippen LogP contribution in [0.1, 0.15) is 13.8 Å². The zero-order chi connectivity index (χ0) is 12.5. The Labute approximate surface area is 103 Å². The van der Waals surface area contributed by atoms with Gasteiger partial charge in [0, 0.05) is 0 Å². The first-order valence-corrected chi connectivity index (χ1v) is 5.87. The summed E-state index contributed by atoms with van der Waals surface area (Å²) in [4.78, 5) is 0. The lowest BCUT2D eigenvalue weighted by Gasteiger charge is -2.38. The molecule has 4 atom stereocenters. The molecule has 2 aliphatic carbocycles. The number of rotatable bonds is 2. The van der Waals surface area contributed by atoms with E-state index in [0.29, 0.717) is 0 Å². The molecule has 0 saturated heterocycles.